The van der Waals surface area contributed by atoms with E-state index in [4.69, 9.17) is 14.5 Å². The fourth-order valence-corrected chi connectivity index (χ4v) is 4.96. The number of halogens is 2. The summed E-state index contributed by atoms with van der Waals surface area (Å²) in [5.41, 5.74) is 3.53. The van der Waals surface area contributed by atoms with Crippen molar-refractivity contribution in [2.45, 2.75) is 39.7 Å². The van der Waals surface area contributed by atoms with Crippen LogP contribution < -0.4 is 15.0 Å². The first-order valence-electron chi connectivity index (χ1n) is 11.6. The van der Waals surface area contributed by atoms with Crippen molar-refractivity contribution in [1.29, 1.82) is 0 Å². The zero-order valence-corrected chi connectivity index (χ0v) is 24.3. The van der Waals surface area contributed by atoms with Gasteiger partial charge < -0.3 is 9.47 Å². The van der Waals surface area contributed by atoms with Crippen LogP contribution in [0.3, 0.4) is 0 Å². The number of rotatable bonds is 8. The summed E-state index contributed by atoms with van der Waals surface area (Å²) in [5.74, 6) is 1.97. The minimum absolute atomic E-state index is 0.0648. The van der Waals surface area contributed by atoms with Crippen LogP contribution in [0, 0.1) is 10.5 Å². The molecule has 186 valence electrons. The molecule has 0 saturated carbocycles. The van der Waals surface area contributed by atoms with Gasteiger partial charge in [0.25, 0.3) is 5.56 Å². The lowest BCUT2D eigenvalue weighted by Gasteiger charge is -2.15. The lowest BCUT2D eigenvalue weighted by Crippen LogP contribution is -2.23. The maximum absolute atomic E-state index is 13.4. The molecule has 4 aromatic rings. The van der Waals surface area contributed by atoms with Crippen LogP contribution in [0.2, 0.25) is 0 Å². The van der Waals surface area contributed by atoms with Crippen molar-refractivity contribution < 1.29 is 9.47 Å². The van der Waals surface area contributed by atoms with E-state index in [1.54, 1.807) is 19.4 Å². The average Bonchev–Trinajstić information content (AvgIpc) is 2.87. The summed E-state index contributed by atoms with van der Waals surface area (Å²) in [5, 5.41) is 5.09. The van der Waals surface area contributed by atoms with Gasteiger partial charge >= 0.3 is 0 Å². The third kappa shape index (κ3) is 5.81. The fourth-order valence-electron chi connectivity index (χ4n) is 3.82. The maximum Gasteiger partial charge on any atom is 0.282 e. The standard InChI is InChI=1S/C28H27BrIN3O3/c1-5-18(3)27-32-24-10-9-21(29)14-22(24)28(34)33(27)31-15-20-12-23(30)26(25(13-20)35-4)36-16-19-8-6-7-17(2)11-19/h6-15,18H,5,16H2,1-4H3/t18-/m1/s1. The van der Waals surface area contributed by atoms with Crippen LogP contribution in [0.15, 0.2) is 69.0 Å². The molecule has 0 aliphatic heterocycles. The molecule has 0 aliphatic carbocycles. The summed E-state index contributed by atoms with van der Waals surface area (Å²) in [6.07, 6.45) is 2.50. The number of nitrogens with zero attached hydrogens (tertiary/aromatic N) is 3. The predicted molar refractivity (Wildman–Crippen MR) is 157 cm³/mol. The molecule has 1 heterocycles. The van der Waals surface area contributed by atoms with Gasteiger partial charge in [0.15, 0.2) is 11.5 Å². The van der Waals surface area contributed by atoms with Crippen molar-refractivity contribution in [2.24, 2.45) is 5.10 Å². The SMILES string of the molecule is CC[C@@H](C)c1nc2ccc(Br)cc2c(=O)n1N=Cc1cc(I)c(OCc2cccc(C)c2)c(OC)c1. The highest BCUT2D eigenvalue weighted by Gasteiger charge is 2.16. The molecule has 0 spiro atoms. The molecular formula is C28H27BrIN3O3. The van der Waals surface area contributed by atoms with E-state index in [0.717, 1.165) is 25.6 Å². The zero-order chi connectivity index (χ0) is 25.8. The highest BCUT2D eigenvalue weighted by atomic mass is 127. The third-order valence-electron chi connectivity index (χ3n) is 5.93. The van der Waals surface area contributed by atoms with E-state index >= 15 is 0 Å². The Morgan fingerprint density at radius 2 is 2.00 bits per heavy atom. The molecule has 1 aromatic heterocycles. The normalized spacial score (nSPS) is 12.3. The third-order valence-corrected chi connectivity index (χ3v) is 7.22. The van der Waals surface area contributed by atoms with Gasteiger partial charge in [0.1, 0.15) is 12.4 Å². The van der Waals surface area contributed by atoms with Gasteiger partial charge in [0.2, 0.25) is 0 Å². The number of benzene rings is 3. The van der Waals surface area contributed by atoms with Gasteiger partial charge in [0, 0.05) is 10.4 Å². The molecule has 0 unspecified atom stereocenters. The molecule has 6 nitrogen and oxygen atoms in total. The smallest absolute Gasteiger partial charge is 0.282 e. The van der Waals surface area contributed by atoms with E-state index in [1.807, 2.05) is 43.3 Å². The van der Waals surface area contributed by atoms with Crippen molar-refractivity contribution in [3.05, 3.63) is 95.5 Å². The van der Waals surface area contributed by atoms with Crippen LogP contribution >= 0.6 is 38.5 Å². The van der Waals surface area contributed by atoms with Crippen molar-refractivity contribution in [1.82, 2.24) is 9.66 Å². The van der Waals surface area contributed by atoms with E-state index in [1.165, 1.54) is 10.2 Å². The minimum Gasteiger partial charge on any atom is -0.493 e. The molecule has 4 rings (SSSR count). The van der Waals surface area contributed by atoms with Crippen LogP contribution in [-0.4, -0.2) is 23.0 Å². The van der Waals surface area contributed by atoms with E-state index in [0.29, 0.717) is 34.8 Å². The summed E-state index contributed by atoms with van der Waals surface area (Å²) < 4.78 is 14.9. The Kier molecular flexibility index (Phi) is 8.46. The topological polar surface area (TPSA) is 65.7 Å². The van der Waals surface area contributed by atoms with Gasteiger partial charge in [-0.3, -0.25) is 4.79 Å². The van der Waals surface area contributed by atoms with Crippen LogP contribution in [0.4, 0.5) is 0 Å². The molecule has 0 radical (unpaired) electrons. The number of aromatic nitrogens is 2. The second-order valence-corrected chi connectivity index (χ2v) is 10.7. The zero-order valence-electron chi connectivity index (χ0n) is 20.6. The summed E-state index contributed by atoms with van der Waals surface area (Å²) >= 11 is 5.68. The van der Waals surface area contributed by atoms with E-state index in [2.05, 4.69) is 69.6 Å². The van der Waals surface area contributed by atoms with Gasteiger partial charge in [-0.15, -0.1) is 0 Å². The molecule has 36 heavy (non-hydrogen) atoms. The van der Waals surface area contributed by atoms with Gasteiger partial charge in [-0.1, -0.05) is 59.6 Å². The number of hydrogen-bond donors (Lipinski definition) is 0. The number of ether oxygens (including phenoxy) is 2. The maximum atomic E-state index is 13.4. The Labute approximate surface area is 232 Å². The Hall–Kier alpha value is -2.72. The van der Waals surface area contributed by atoms with Gasteiger partial charge in [0.05, 0.1) is 27.8 Å². The number of methoxy groups -OCH3 is 1. The first-order valence-corrected chi connectivity index (χ1v) is 13.5. The van der Waals surface area contributed by atoms with Crippen molar-refractivity contribution in [3.8, 4) is 11.5 Å². The number of fused-ring (bicyclic) bond motifs is 1. The first kappa shape index (κ1) is 26.3. The summed E-state index contributed by atoms with van der Waals surface area (Å²) in [7, 11) is 1.61. The monoisotopic (exact) mass is 659 g/mol. The molecule has 3 aromatic carbocycles. The summed E-state index contributed by atoms with van der Waals surface area (Å²) in [4.78, 5) is 18.1. The van der Waals surface area contributed by atoms with Crippen LogP contribution in [0.25, 0.3) is 10.9 Å². The van der Waals surface area contributed by atoms with Crippen molar-refractivity contribution >= 4 is 55.6 Å². The fraction of sp³-hybridized carbons (Fsp3) is 0.250. The lowest BCUT2D eigenvalue weighted by atomic mass is 10.1. The lowest BCUT2D eigenvalue weighted by molar-refractivity contribution is 0.282. The Bertz CT molecular complexity index is 1500. The van der Waals surface area contributed by atoms with E-state index in [-0.39, 0.29) is 11.5 Å². The Morgan fingerprint density at radius 1 is 1.19 bits per heavy atom. The van der Waals surface area contributed by atoms with E-state index in [9.17, 15) is 4.79 Å². The average molecular weight is 660 g/mol. The summed E-state index contributed by atoms with van der Waals surface area (Å²) in [6.45, 7) is 6.61. The van der Waals surface area contributed by atoms with Crippen LogP contribution in [0.1, 0.15) is 48.7 Å². The highest BCUT2D eigenvalue weighted by molar-refractivity contribution is 14.1. The van der Waals surface area contributed by atoms with Gasteiger partial charge in [-0.05, 0) is 77.4 Å². The summed E-state index contributed by atoms with van der Waals surface area (Å²) in [6, 6.07) is 17.6. The molecule has 0 fully saturated rings. The van der Waals surface area contributed by atoms with E-state index < -0.39 is 0 Å². The van der Waals surface area contributed by atoms with Crippen molar-refractivity contribution in [3.63, 3.8) is 0 Å². The number of hydrogen-bond acceptors (Lipinski definition) is 5. The molecule has 1 atom stereocenters. The molecule has 0 saturated heterocycles. The Balaban J connectivity index is 1.70. The van der Waals surface area contributed by atoms with Crippen LogP contribution in [0.5, 0.6) is 11.5 Å². The second-order valence-electron chi connectivity index (χ2n) is 8.61. The quantitative estimate of drug-likeness (QED) is 0.150. The van der Waals surface area contributed by atoms with Crippen LogP contribution in [-0.2, 0) is 6.61 Å². The molecule has 0 N–H and O–H groups in total. The minimum atomic E-state index is -0.201. The second kappa shape index (κ2) is 11.6. The Morgan fingerprint density at radius 3 is 2.72 bits per heavy atom. The first-order chi connectivity index (χ1) is 17.3. The molecular weight excluding hydrogens is 633 g/mol. The van der Waals surface area contributed by atoms with Crippen molar-refractivity contribution in [2.75, 3.05) is 7.11 Å². The molecule has 0 amide bonds. The predicted octanol–water partition coefficient (Wildman–Crippen LogP) is 7.06. The largest absolute Gasteiger partial charge is 0.493 e. The highest BCUT2D eigenvalue weighted by Crippen LogP contribution is 2.34. The van der Waals surface area contributed by atoms with Gasteiger partial charge in [-0.25, -0.2) is 4.98 Å². The molecule has 0 bridgehead atoms. The molecule has 0 aliphatic rings. The molecule has 8 heteroatoms. The van der Waals surface area contributed by atoms with Gasteiger partial charge in [-0.2, -0.15) is 9.78 Å². The number of aryl methyl sites for hydroxylation is 1.